The topological polar surface area (TPSA) is 76.7 Å². The maximum Gasteiger partial charge on any atom is 0.243 e. The second kappa shape index (κ2) is 8.19. The van der Waals surface area contributed by atoms with E-state index in [1.807, 2.05) is 17.5 Å². The molecule has 0 atom stereocenters. The molecule has 0 fully saturated rings. The van der Waals surface area contributed by atoms with E-state index in [-0.39, 0.29) is 24.8 Å². The standard InChI is InChI=1S/C16H18N2O4S/c1-21-13-6-5-11(8-14(13)22-2)18-16(20)10-17-15(19)9-12-4-3-7-23-12/h3-8H,9-10H2,1-2H3,(H,17,19)(H,18,20). The van der Waals surface area contributed by atoms with Gasteiger partial charge in [0, 0.05) is 16.6 Å². The van der Waals surface area contributed by atoms with Crippen molar-refractivity contribution in [3.63, 3.8) is 0 Å². The SMILES string of the molecule is COc1ccc(NC(=O)CNC(=O)Cc2cccs2)cc1OC. The Labute approximate surface area is 138 Å². The summed E-state index contributed by atoms with van der Waals surface area (Å²) in [6.45, 7) is -0.0848. The molecule has 0 radical (unpaired) electrons. The Morgan fingerprint density at radius 2 is 1.87 bits per heavy atom. The van der Waals surface area contributed by atoms with Crippen LogP contribution in [0.3, 0.4) is 0 Å². The lowest BCUT2D eigenvalue weighted by Gasteiger charge is -2.11. The van der Waals surface area contributed by atoms with Gasteiger partial charge in [-0.15, -0.1) is 11.3 Å². The van der Waals surface area contributed by atoms with Crippen LogP contribution in [0.1, 0.15) is 4.88 Å². The highest BCUT2D eigenvalue weighted by Crippen LogP contribution is 2.29. The summed E-state index contributed by atoms with van der Waals surface area (Å²) in [4.78, 5) is 24.6. The zero-order valence-corrected chi connectivity index (χ0v) is 13.7. The second-order valence-electron chi connectivity index (χ2n) is 4.65. The van der Waals surface area contributed by atoms with Crippen LogP contribution < -0.4 is 20.1 Å². The second-order valence-corrected chi connectivity index (χ2v) is 5.68. The number of rotatable bonds is 7. The molecule has 0 spiro atoms. The highest BCUT2D eigenvalue weighted by atomic mass is 32.1. The van der Waals surface area contributed by atoms with Gasteiger partial charge in [0.1, 0.15) is 0 Å². The molecule has 1 aromatic carbocycles. The molecule has 1 heterocycles. The van der Waals surface area contributed by atoms with Crippen LogP contribution in [0.5, 0.6) is 11.5 Å². The minimum absolute atomic E-state index is 0.0848. The van der Waals surface area contributed by atoms with E-state index in [1.54, 1.807) is 25.3 Å². The number of benzene rings is 1. The summed E-state index contributed by atoms with van der Waals surface area (Å²) >= 11 is 1.51. The molecule has 0 unspecified atom stereocenters. The molecule has 122 valence electrons. The first-order chi connectivity index (χ1) is 11.1. The van der Waals surface area contributed by atoms with E-state index in [1.165, 1.54) is 18.4 Å². The van der Waals surface area contributed by atoms with E-state index in [4.69, 9.17) is 9.47 Å². The minimum atomic E-state index is -0.309. The van der Waals surface area contributed by atoms with Crippen LogP contribution >= 0.6 is 11.3 Å². The Kier molecular flexibility index (Phi) is 5.99. The molecule has 7 heteroatoms. The summed E-state index contributed by atoms with van der Waals surface area (Å²) in [6, 6.07) is 8.83. The minimum Gasteiger partial charge on any atom is -0.493 e. The van der Waals surface area contributed by atoms with Crippen LogP contribution in [-0.2, 0) is 16.0 Å². The average molecular weight is 334 g/mol. The maximum atomic E-state index is 11.9. The van der Waals surface area contributed by atoms with E-state index in [0.717, 1.165) is 4.88 Å². The molecule has 2 amide bonds. The van der Waals surface area contributed by atoms with Gasteiger partial charge in [0.05, 0.1) is 27.2 Å². The van der Waals surface area contributed by atoms with Crippen molar-refractivity contribution < 1.29 is 19.1 Å². The van der Waals surface area contributed by atoms with Crippen LogP contribution in [0.15, 0.2) is 35.7 Å². The highest BCUT2D eigenvalue weighted by Gasteiger charge is 2.09. The Morgan fingerprint density at radius 1 is 1.09 bits per heavy atom. The number of hydrogen-bond donors (Lipinski definition) is 2. The summed E-state index contributed by atoms with van der Waals surface area (Å²) < 4.78 is 10.3. The summed E-state index contributed by atoms with van der Waals surface area (Å²) in [5.74, 6) is 0.605. The molecule has 2 rings (SSSR count). The largest absolute Gasteiger partial charge is 0.493 e. The first kappa shape index (κ1) is 16.8. The molecule has 0 aliphatic carbocycles. The Bertz CT molecular complexity index is 671. The van der Waals surface area contributed by atoms with E-state index < -0.39 is 0 Å². The number of thiophene rings is 1. The summed E-state index contributed by atoms with van der Waals surface area (Å²) in [7, 11) is 3.06. The number of methoxy groups -OCH3 is 2. The zero-order valence-electron chi connectivity index (χ0n) is 12.9. The average Bonchev–Trinajstić information content (AvgIpc) is 3.05. The van der Waals surface area contributed by atoms with Gasteiger partial charge in [-0.1, -0.05) is 6.07 Å². The molecule has 23 heavy (non-hydrogen) atoms. The number of carbonyl (C=O) groups excluding carboxylic acids is 2. The van der Waals surface area contributed by atoms with Crippen molar-refractivity contribution in [1.29, 1.82) is 0 Å². The number of nitrogens with one attached hydrogen (secondary N) is 2. The summed E-state index contributed by atoms with van der Waals surface area (Å²) in [5.41, 5.74) is 0.570. The van der Waals surface area contributed by atoms with Crippen LogP contribution in [0.2, 0.25) is 0 Å². The van der Waals surface area contributed by atoms with Crippen LogP contribution in [0.4, 0.5) is 5.69 Å². The van der Waals surface area contributed by atoms with Crippen molar-refractivity contribution in [2.75, 3.05) is 26.1 Å². The van der Waals surface area contributed by atoms with Gasteiger partial charge in [0.15, 0.2) is 11.5 Å². The van der Waals surface area contributed by atoms with Gasteiger partial charge in [0.25, 0.3) is 0 Å². The predicted molar refractivity (Wildman–Crippen MR) is 89.2 cm³/mol. The molecule has 2 aromatic rings. The van der Waals surface area contributed by atoms with Crippen LogP contribution in [0, 0.1) is 0 Å². The highest BCUT2D eigenvalue weighted by molar-refractivity contribution is 7.10. The summed E-state index contributed by atoms with van der Waals surface area (Å²) in [5, 5.41) is 7.20. The van der Waals surface area contributed by atoms with Crippen molar-refractivity contribution in [1.82, 2.24) is 5.32 Å². The van der Waals surface area contributed by atoms with Gasteiger partial charge in [-0.05, 0) is 23.6 Å². The molecule has 0 aliphatic rings. The van der Waals surface area contributed by atoms with Crippen molar-refractivity contribution in [2.45, 2.75) is 6.42 Å². The fraction of sp³-hybridized carbons (Fsp3) is 0.250. The first-order valence-corrected chi connectivity index (χ1v) is 7.81. The molecule has 2 N–H and O–H groups in total. The predicted octanol–water partition coefficient (Wildman–Crippen LogP) is 2.06. The normalized spacial score (nSPS) is 10.0. The van der Waals surface area contributed by atoms with E-state index in [2.05, 4.69) is 10.6 Å². The molecular formula is C16H18N2O4S. The van der Waals surface area contributed by atoms with Gasteiger partial charge in [0.2, 0.25) is 11.8 Å². The Hall–Kier alpha value is -2.54. The monoisotopic (exact) mass is 334 g/mol. The molecule has 0 saturated heterocycles. The third-order valence-corrected chi connectivity index (χ3v) is 3.90. The quantitative estimate of drug-likeness (QED) is 0.813. The first-order valence-electron chi connectivity index (χ1n) is 6.93. The number of carbonyl (C=O) groups is 2. The van der Waals surface area contributed by atoms with E-state index >= 15 is 0 Å². The molecule has 0 bridgehead atoms. The van der Waals surface area contributed by atoms with Gasteiger partial charge in [-0.2, -0.15) is 0 Å². The van der Waals surface area contributed by atoms with Crippen LogP contribution in [0.25, 0.3) is 0 Å². The molecule has 6 nitrogen and oxygen atoms in total. The number of ether oxygens (including phenoxy) is 2. The molecular weight excluding hydrogens is 316 g/mol. The summed E-state index contributed by atoms with van der Waals surface area (Å²) in [6.07, 6.45) is 0.279. The number of hydrogen-bond acceptors (Lipinski definition) is 5. The lowest BCUT2D eigenvalue weighted by molar-refractivity contribution is -0.123. The van der Waals surface area contributed by atoms with Crippen molar-refractivity contribution >= 4 is 28.8 Å². The van der Waals surface area contributed by atoms with Gasteiger partial charge in [-0.25, -0.2) is 0 Å². The Morgan fingerprint density at radius 3 is 2.52 bits per heavy atom. The van der Waals surface area contributed by atoms with Gasteiger partial charge >= 0.3 is 0 Å². The molecule has 0 aliphatic heterocycles. The maximum absolute atomic E-state index is 11.9. The molecule has 0 saturated carbocycles. The van der Waals surface area contributed by atoms with Crippen molar-refractivity contribution in [2.24, 2.45) is 0 Å². The third-order valence-electron chi connectivity index (χ3n) is 3.03. The lowest BCUT2D eigenvalue weighted by Crippen LogP contribution is -2.33. The zero-order chi connectivity index (χ0) is 16.7. The number of amides is 2. The molecule has 1 aromatic heterocycles. The van der Waals surface area contributed by atoms with E-state index in [9.17, 15) is 9.59 Å². The third kappa shape index (κ3) is 5.00. The smallest absolute Gasteiger partial charge is 0.243 e. The van der Waals surface area contributed by atoms with E-state index in [0.29, 0.717) is 17.2 Å². The van der Waals surface area contributed by atoms with Crippen LogP contribution in [-0.4, -0.2) is 32.6 Å². The lowest BCUT2D eigenvalue weighted by atomic mass is 10.2. The van der Waals surface area contributed by atoms with Gasteiger partial charge < -0.3 is 20.1 Å². The van der Waals surface area contributed by atoms with Crippen molar-refractivity contribution in [3.8, 4) is 11.5 Å². The number of anilines is 1. The fourth-order valence-electron chi connectivity index (χ4n) is 1.93. The van der Waals surface area contributed by atoms with Crippen molar-refractivity contribution in [3.05, 3.63) is 40.6 Å². The fourth-order valence-corrected chi connectivity index (χ4v) is 2.64. The Balaban J connectivity index is 1.83. The van der Waals surface area contributed by atoms with Gasteiger partial charge in [-0.3, -0.25) is 9.59 Å².